The Balaban J connectivity index is 1.25. The molecule has 0 bridgehead atoms. The van der Waals surface area contributed by atoms with Gasteiger partial charge in [-0.1, -0.05) is 64.7 Å². The molecule has 4 aliphatic carbocycles. The van der Waals surface area contributed by atoms with Gasteiger partial charge in [-0.05, 0) is 105 Å². The first-order valence-corrected chi connectivity index (χ1v) is 19.3. The largest absolute Gasteiger partial charge is 0.514 e. The second kappa shape index (κ2) is 16.6. The molecular formula is C41H57NO10. The molecule has 11 heteroatoms. The summed E-state index contributed by atoms with van der Waals surface area (Å²) in [7, 11) is 0. The van der Waals surface area contributed by atoms with Gasteiger partial charge in [-0.25, -0.2) is 4.79 Å². The Labute approximate surface area is 307 Å². The van der Waals surface area contributed by atoms with E-state index in [0.717, 1.165) is 49.7 Å². The first-order valence-electron chi connectivity index (χ1n) is 19.3. The molecule has 0 spiro atoms. The predicted molar refractivity (Wildman–Crippen MR) is 192 cm³/mol. The maximum absolute atomic E-state index is 14.3. The second-order valence-corrected chi connectivity index (χ2v) is 15.9. The van der Waals surface area contributed by atoms with Crippen LogP contribution in [0.15, 0.2) is 35.9 Å². The lowest BCUT2D eigenvalue weighted by molar-refractivity contribution is -0.202. The number of Topliss-reactive ketones (excluding diaryl/α,β-unsaturated/α-hetero) is 1. The maximum atomic E-state index is 14.3. The summed E-state index contributed by atoms with van der Waals surface area (Å²) in [5, 5.41) is 11.9. The van der Waals surface area contributed by atoms with Crippen molar-refractivity contribution >= 4 is 29.7 Å². The van der Waals surface area contributed by atoms with Crippen molar-refractivity contribution in [2.24, 2.45) is 34.3 Å². The lowest BCUT2D eigenvalue weighted by atomic mass is 9.45. The molecule has 3 N–H and O–H groups in total. The number of aliphatic hydroxyl groups excluding tert-OH is 1. The highest BCUT2D eigenvalue weighted by Crippen LogP contribution is 2.68. The number of allylic oxidation sites excluding steroid dienone is 1. The SMILES string of the molecule is CCCCCOC(=O)C(N)Cc1ccc(OC(=O)OCC(=O)C2(OC(=O)CCCC)CCC3C4CCC5=CC(=O)CCC5(C)C4C(O)CC32C)cc1. The summed E-state index contributed by atoms with van der Waals surface area (Å²) in [6, 6.07) is 5.63. The molecule has 0 aromatic heterocycles. The highest BCUT2D eigenvalue weighted by atomic mass is 16.7. The van der Waals surface area contributed by atoms with E-state index in [4.69, 9.17) is 24.7 Å². The van der Waals surface area contributed by atoms with Crippen LogP contribution >= 0.6 is 0 Å². The second-order valence-electron chi connectivity index (χ2n) is 15.9. The van der Waals surface area contributed by atoms with E-state index in [1.165, 1.54) is 0 Å². The van der Waals surface area contributed by atoms with Crippen LogP contribution < -0.4 is 10.5 Å². The molecule has 11 nitrogen and oxygen atoms in total. The smallest absolute Gasteiger partial charge is 0.465 e. The van der Waals surface area contributed by atoms with Gasteiger partial charge in [0, 0.05) is 18.3 Å². The molecule has 8 unspecified atom stereocenters. The Morgan fingerprint density at radius 3 is 2.40 bits per heavy atom. The van der Waals surface area contributed by atoms with Gasteiger partial charge >= 0.3 is 18.1 Å². The normalized spacial score (nSPS) is 31.3. The van der Waals surface area contributed by atoms with E-state index < -0.39 is 53.6 Å². The van der Waals surface area contributed by atoms with Gasteiger partial charge in [0.25, 0.3) is 0 Å². The monoisotopic (exact) mass is 723 g/mol. The number of ketones is 2. The molecule has 3 fully saturated rings. The third kappa shape index (κ3) is 8.00. The van der Waals surface area contributed by atoms with E-state index in [1.54, 1.807) is 30.3 Å². The molecule has 5 rings (SSSR count). The molecule has 0 saturated heterocycles. The molecule has 1 aromatic carbocycles. The maximum Gasteiger partial charge on any atom is 0.514 e. The van der Waals surface area contributed by atoms with Gasteiger partial charge in [-0.3, -0.25) is 19.2 Å². The Kier molecular flexibility index (Phi) is 12.7. The lowest BCUT2D eigenvalue weighted by Crippen LogP contribution is -2.63. The number of esters is 2. The number of rotatable bonds is 15. The zero-order valence-corrected chi connectivity index (χ0v) is 31.3. The van der Waals surface area contributed by atoms with Gasteiger partial charge < -0.3 is 29.8 Å². The van der Waals surface area contributed by atoms with Crippen LogP contribution in [0.3, 0.4) is 0 Å². The van der Waals surface area contributed by atoms with Crippen molar-refractivity contribution in [1.29, 1.82) is 0 Å². The van der Waals surface area contributed by atoms with E-state index in [-0.39, 0.29) is 60.4 Å². The Morgan fingerprint density at radius 2 is 1.69 bits per heavy atom. The van der Waals surface area contributed by atoms with Crippen LogP contribution in [0.2, 0.25) is 0 Å². The van der Waals surface area contributed by atoms with Crippen LogP contribution in [0.4, 0.5) is 4.79 Å². The average Bonchev–Trinajstić information content (AvgIpc) is 3.40. The first kappa shape index (κ1) is 39.6. The molecule has 8 atom stereocenters. The van der Waals surface area contributed by atoms with Crippen molar-refractivity contribution in [3.8, 4) is 5.75 Å². The fraction of sp³-hybridized carbons (Fsp3) is 0.683. The molecule has 0 amide bonds. The zero-order valence-electron chi connectivity index (χ0n) is 31.3. The molecule has 0 heterocycles. The summed E-state index contributed by atoms with van der Waals surface area (Å²) in [4.78, 5) is 64.9. The number of unbranched alkanes of at least 4 members (excludes halogenated alkanes) is 3. The summed E-state index contributed by atoms with van der Waals surface area (Å²) >= 11 is 0. The summed E-state index contributed by atoms with van der Waals surface area (Å²) in [5.41, 5.74) is 5.11. The van der Waals surface area contributed by atoms with Crippen LogP contribution in [0.25, 0.3) is 0 Å². The topological polar surface area (TPSA) is 169 Å². The number of hydrogen-bond donors (Lipinski definition) is 2. The molecule has 3 saturated carbocycles. The van der Waals surface area contributed by atoms with Crippen molar-refractivity contribution < 1.29 is 48.0 Å². The van der Waals surface area contributed by atoms with E-state index in [9.17, 15) is 29.1 Å². The van der Waals surface area contributed by atoms with Crippen molar-refractivity contribution in [2.75, 3.05) is 13.2 Å². The summed E-state index contributed by atoms with van der Waals surface area (Å²) < 4.78 is 22.2. The van der Waals surface area contributed by atoms with Gasteiger partial charge in [0.05, 0.1) is 12.7 Å². The van der Waals surface area contributed by atoms with E-state index >= 15 is 0 Å². The van der Waals surface area contributed by atoms with Crippen LogP contribution in [0.1, 0.15) is 117 Å². The Hall–Kier alpha value is -3.57. The summed E-state index contributed by atoms with van der Waals surface area (Å²) in [5.74, 6) is -1.17. The summed E-state index contributed by atoms with van der Waals surface area (Å²) in [6.07, 6.45) is 8.34. The predicted octanol–water partition coefficient (Wildman–Crippen LogP) is 6.35. The minimum Gasteiger partial charge on any atom is -0.465 e. The number of carbonyl (C=O) groups excluding carboxylic acids is 5. The van der Waals surface area contributed by atoms with Crippen LogP contribution in [0, 0.1) is 28.6 Å². The molecule has 52 heavy (non-hydrogen) atoms. The fourth-order valence-electron chi connectivity index (χ4n) is 9.95. The van der Waals surface area contributed by atoms with Crippen LogP contribution in [-0.4, -0.2) is 65.7 Å². The van der Waals surface area contributed by atoms with Gasteiger partial charge in [0.2, 0.25) is 5.78 Å². The van der Waals surface area contributed by atoms with Crippen molar-refractivity contribution in [3.05, 3.63) is 41.5 Å². The standard InChI is InChI=1S/C41H57NO10/c1-5-7-9-21-49-37(47)32(42)22-26-11-14-29(15-12-26)51-38(48)50-25-34(45)41(52-35(46)10-8-6-2)20-18-31-30-16-13-27-23-28(43)17-19-39(27,3)36(30)33(44)24-40(31,41)4/h11-12,14-15,23,30-33,36,44H,5-10,13,16-22,24-25,42H2,1-4H3. The Bertz CT molecular complexity index is 1520. The molecule has 286 valence electrons. The molecule has 0 radical (unpaired) electrons. The van der Waals surface area contributed by atoms with Gasteiger partial charge in [0.1, 0.15) is 11.8 Å². The van der Waals surface area contributed by atoms with Crippen molar-refractivity contribution in [2.45, 2.75) is 135 Å². The molecule has 1 aromatic rings. The van der Waals surface area contributed by atoms with Crippen LogP contribution in [-0.2, 0) is 39.8 Å². The number of benzene rings is 1. The van der Waals surface area contributed by atoms with Gasteiger partial charge in [-0.2, -0.15) is 0 Å². The van der Waals surface area contributed by atoms with Gasteiger partial charge in [0.15, 0.2) is 18.0 Å². The highest BCUT2D eigenvalue weighted by molar-refractivity contribution is 5.93. The molecule has 4 aliphatic rings. The fourth-order valence-corrected chi connectivity index (χ4v) is 9.95. The van der Waals surface area contributed by atoms with Crippen molar-refractivity contribution in [3.63, 3.8) is 0 Å². The van der Waals surface area contributed by atoms with E-state index in [1.807, 2.05) is 13.8 Å². The lowest BCUT2D eigenvalue weighted by Gasteiger charge is -2.60. The number of carbonyl (C=O) groups is 5. The minimum atomic E-state index is -1.58. The third-order valence-corrected chi connectivity index (χ3v) is 12.7. The molecular weight excluding hydrogens is 666 g/mol. The zero-order chi connectivity index (χ0) is 37.7. The highest BCUT2D eigenvalue weighted by Gasteiger charge is 2.70. The number of hydrogen-bond acceptors (Lipinski definition) is 11. The third-order valence-electron chi connectivity index (χ3n) is 12.7. The van der Waals surface area contributed by atoms with Crippen molar-refractivity contribution in [1.82, 2.24) is 0 Å². The number of fused-ring (bicyclic) bond motifs is 5. The van der Waals surface area contributed by atoms with Gasteiger partial charge in [-0.15, -0.1) is 0 Å². The average molecular weight is 724 g/mol. The van der Waals surface area contributed by atoms with Crippen LogP contribution in [0.5, 0.6) is 5.75 Å². The quantitative estimate of drug-likeness (QED) is 0.0895. The number of nitrogens with two attached hydrogens (primary N) is 1. The molecule has 0 aliphatic heterocycles. The summed E-state index contributed by atoms with van der Waals surface area (Å²) in [6.45, 7) is 7.83. The van der Waals surface area contributed by atoms with E-state index in [0.29, 0.717) is 32.3 Å². The number of ether oxygens (including phenoxy) is 4. The minimum absolute atomic E-state index is 0.0127. The Morgan fingerprint density at radius 1 is 0.962 bits per heavy atom. The number of aliphatic hydroxyl groups is 1. The first-order chi connectivity index (χ1) is 24.8. The van der Waals surface area contributed by atoms with E-state index in [2.05, 4.69) is 13.8 Å².